The van der Waals surface area contributed by atoms with Crippen molar-refractivity contribution in [2.24, 2.45) is 0 Å². The summed E-state index contributed by atoms with van der Waals surface area (Å²) in [7, 11) is 0. The van der Waals surface area contributed by atoms with E-state index in [0.717, 1.165) is 0 Å². The van der Waals surface area contributed by atoms with E-state index in [-0.39, 0.29) is 20.9 Å². The maximum atomic E-state index is 3.69. The van der Waals surface area contributed by atoms with E-state index in [1.807, 2.05) is 0 Å². The second kappa shape index (κ2) is 6.53. The molecule has 0 radical (unpaired) electrons. The van der Waals surface area contributed by atoms with Crippen LogP contribution in [0.25, 0.3) is 0 Å². The first-order valence-corrected chi connectivity index (χ1v) is 5.63. The van der Waals surface area contributed by atoms with Crippen molar-refractivity contribution in [3.63, 3.8) is 0 Å². The fraction of sp³-hybridized carbons (Fsp3) is 0.667. The predicted octanol–water partition coefficient (Wildman–Crippen LogP) is 2.05. The van der Waals surface area contributed by atoms with E-state index >= 15 is 0 Å². The maximum absolute atomic E-state index is 3.69. The molecular weight excluding hydrogens is 200 g/mol. The van der Waals surface area contributed by atoms with Crippen LogP contribution in [0.15, 0.2) is 10.7 Å². The topological polar surface area (TPSA) is 0 Å². The molecule has 0 N–H and O–H groups in total. The van der Waals surface area contributed by atoms with Crippen molar-refractivity contribution >= 4 is 20.9 Å². The molecule has 7 heavy (non-hydrogen) atoms. The van der Waals surface area contributed by atoms with Crippen molar-refractivity contribution in [1.82, 2.24) is 0 Å². The van der Waals surface area contributed by atoms with Crippen LogP contribution >= 0.6 is 0 Å². The van der Waals surface area contributed by atoms with Crippen LogP contribution in [0.4, 0.5) is 0 Å². The molecule has 0 nitrogen and oxygen atoms in total. The number of hydrogen-bond donors (Lipinski definition) is 0. The first-order chi connectivity index (χ1) is 3.41. The van der Waals surface area contributed by atoms with Crippen LogP contribution in [0, 0.1) is 0 Å². The molecule has 0 saturated heterocycles. The van der Waals surface area contributed by atoms with Crippen LogP contribution in [0.5, 0.6) is 0 Å². The van der Waals surface area contributed by atoms with Gasteiger partial charge in [0, 0.05) is 0 Å². The Hall–Kier alpha value is 0.530. The van der Waals surface area contributed by atoms with Gasteiger partial charge in [0.25, 0.3) is 0 Å². The SMILES string of the molecule is C=C[Te]CCCC. The molecular formula is C6H12Te. The van der Waals surface area contributed by atoms with Crippen LogP contribution in [0.1, 0.15) is 19.8 Å². The molecule has 0 rings (SSSR count). The van der Waals surface area contributed by atoms with Crippen LogP contribution in [0.2, 0.25) is 4.47 Å². The molecule has 0 aliphatic heterocycles. The van der Waals surface area contributed by atoms with Gasteiger partial charge in [-0.05, 0) is 0 Å². The Morgan fingerprint density at radius 3 is 2.86 bits per heavy atom. The molecule has 0 bridgehead atoms. The summed E-state index contributed by atoms with van der Waals surface area (Å²) in [6.07, 6.45) is 2.76. The minimum absolute atomic E-state index is 0.239. The van der Waals surface area contributed by atoms with Gasteiger partial charge in [0.05, 0.1) is 0 Å². The van der Waals surface area contributed by atoms with E-state index in [2.05, 4.69) is 17.6 Å². The summed E-state index contributed by atoms with van der Waals surface area (Å²) in [5, 5.41) is 0. The summed E-state index contributed by atoms with van der Waals surface area (Å²) in [4.78, 5) is 0. The van der Waals surface area contributed by atoms with E-state index < -0.39 is 0 Å². The molecule has 0 aromatic carbocycles. The van der Waals surface area contributed by atoms with E-state index in [1.165, 1.54) is 17.3 Å². The molecule has 0 heterocycles. The van der Waals surface area contributed by atoms with Gasteiger partial charge in [-0.15, -0.1) is 0 Å². The van der Waals surface area contributed by atoms with Gasteiger partial charge in [-0.2, -0.15) is 0 Å². The van der Waals surface area contributed by atoms with E-state index in [1.54, 1.807) is 0 Å². The zero-order valence-corrected chi connectivity index (χ0v) is 7.14. The Labute approximate surface area is 56.1 Å². The van der Waals surface area contributed by atoms with E-state index in [4.69, 9.17) is 0 Å². The molecule has 0 aromatic heterocycles. The third kappa shape index (κ3) is 6.53. The van der Waals surface area contributed by atoms with Gasteiger partial charge >= 0.3 is 55.9 Å². The molecule has 0 fully saturated rings. The quantitative estimate of drug-likeness (QED) is 0.493. The zero-order chi connectivity index (χ0) is 5.54. The van der Waals surface area contributed by atoms with Crippen molar-refractivity contribution in [3.05, 3.63) is 10.7 Å². The van der Waals surface area contributed by atoms with Gasteiger partial charge in [-0.3, -0.25) is 0 Å². The summed E-state index contributed by atoms with van der Waals surface area (Å²) in [6.45, 7) is 5.92. The second-order valence-electron chi connectivity index (χ2n) is 1.39. The van der Waals surface area contributed by atoms with Crippen molar-refractivity contribution in [2.75, 3.05) is 0 Å². The fourth-order valence-electron chi connectivity index (χ4n) is 0.311. The van der Waals surface area contributed by atoms with Crippen LogP contribution in [-0.2, 0) is 0 Å². The van der Waals surface area contributed by atoms with Crippen molar-refractivity contribution in [3.8, 4) is 0 Å². The van der Waals surface area contributed by atoms with Crippen LogP contribution < -0.4 is 0 Å². The zero-order valence-electron chi connectivity index (χ0n) is 4.81. The Morgan fingerprint density at radius 2 is 2.43 bits per heavy atom. The molecule has 0 saturated carbocycles. The van der Waals surface area contributed by atoms with E-state index in [9.17, 15) is 0 Å². The molecule has 0 aliphatic carbocycles. The van der Waals surface area contributed by atoms with Gasteiger partial charge in [0.1, 0.15) is 0 Å². The third-order valence-electron chi connectivity index (χ3n) is 0.734. The van der Waals surface area contributed by atoms with Gasteiger partial charge in [-0.1, -0.05) is 0 Å². The summed E-state index contributed by atoms with van der Waals surface area (Å²) >= 11 is 0.239. The van der Waals surface area contributed by atoms with Crippen molar-refractivity contribution < 1.29 is 0 Å². The molecule has 0 aromatic rings. The minimum atomic E-state index is 0.239. The van der Waals surface area contributed by atoms with Crippen molar-refractivity contribution in [1.29, 1.82) is 0 Å². The first-order valence-electron chi connectivity index (χ1n) is 2.64. The summed E-state index contributed by atoms with van der Waals surface area (Å²) in [5.41, 5.74) is 0. The standard InChI is InChI=1S/C6H12Te/c1-3-5-6-7-4-2/h4H,2-3,5-6H2,1H3. The predicted molar refractivity (Wildman–Crippen MR) is 35.7 cm³/mol. The third-order valence-corrected chi connectivity index (χ3v) is 2.90. The second-order valence-corrected chi connectivity index (χ2v) is 4.46. The Morgan fingerprint density at radius 1 is 1.71 bits per heavy atom. The summed E-state index contributed by atoms with van der Waals surface area (Å²) in [5.74, 6) is 0. The van der Waals surface area contributed by atoms with E-state index in [0.29, 0.717) is 0 Å². The number of unbranched alkanes of at least 4 members (excludes halogenated alkanes) is 1. The summed E-state index contributed by atoms with van der Waals surface area (Å²) < 4.78 is 3.56. The monoisotopic (exact) mass is 214 g/mol. The number of rotatable bonds is 4. The van der Waals surface area contributed by atoms with Gasteiger partial charge in [-0.25, -0.2) is 0 Å². The Bertz CT molecular complexity index is 41.4. The molecule has 0 aliphatic rings. The Kier molecular flexibility index (Phi) is 7.02. The Balaban J connectivity index is 2.56. The van der Waals surface area contributed by atoms with Crippen LogP contribution in [-0.4, -0.2) is 20.9 Å². The molecule has 0 unspecified atom stereocenters. The number of hydrogen-bond acceptors (Lipinski definition) is 0. The normalized spacial score (nSPS) is 8.71. The van der Waals surface area contributed by atoms with Crippen LogP contribution in [0.3, 0.4) is 0 Å². The summed E-state index contributed by atoms with van der Waals surface area (Å²) in [6, 6.07) is 0. The molecule has 0 amide bonds. The molecule has 0 atom stereocenters. The van der Waals surface area contributed by atoms with Gasteiger partial charge in [0.2, 0.25) is 0 Å². The molecule has 0 spiro atoms. The van der Waals surface area contributed by atoms with Gasteiger partial charge in [0.15, 0.2) is 0 Å². The van der Waals surface area contributed by atoms with Gasteiger partial charge < -0.3 is 0 Å². The average molecular weight is 212 g/mol. The average Bonchev–Trinajstić information content (AvgIpc) is 1.69. The molecule has 42 valence electrons. The first kappa shape index (κ1) is 7.53. The molecule has 1 heteroatoms. The fourth-order valence-corrected chi connectivity index (χ4v) is 2.09. The van der Waals surface area contributed by atoms with Crippen molar-refractivity contribution in [2.45, 2.75) is 24.2 Å².